The van der Waals surface area contributed by atoms with Gasteiger partial charge >= 0.3 is 0 Å². The maximum Gasteiger partial charge on any atom is 0.226 e. The summed E-state index contributed by atoms with van der Waals surface area (Å²) in [6.07, 6.45) is 8.25. The summed E-state index contributed by atoms with van der Waals surface area (Å²) in [4.78, 5) is 17.9. The summed E-state index contributed by atoms with van der Waals surface area (Å²) in [5.41, 5.74) is 2.07. The minimum absolute atomic E-state index is 0.101. The molecule has 1 aliphatic carbocycles. The number of anilines is 1. The largest absolute Gasteiger partial charge is 0.302 e. The highest BCUT2D eigenvalue weighted by molar-refractivity contribution is 7.16. The van der Waals surface area contributed by atoms with Crippen LogP contribution in [0.4, 0.5) is 5.13 Å². The lowest BCUT2D eigenvalue weighted by Gasteiger charge is -2.20. The minimum atomic E-state index is 0.101. The Morgan fingerprint density at radius 1 is 1.22 bits per heavy atom. The van der Waals surface area contributed by atoms with Crippen LogP contribution >= 0.6 is 11.3 Å². The van der Waals surface area contributed by atoms with Crippen molar-refractivity contribution in [2.45, 2.75) is 51.9 Å². The Morgan fingerprint density at radius 2 is 1.96 bits per heavy atom. The third kappa shape index (κ3) is 4.41. The monoisotopic (exact) mass is 328 g/mol. The highest BCUT2D eigenvalue weighted by Crippen LogP contribution is 2.31. The Labute approximate surface area is 142 Å². The molecule has 23 heavy (non-hydrogen) atoms. The van der Waals surface area contributed by atoms with Gasteiger partial charge in [-0.3, -0.25) is 4.79 Å². The van der Waals surface area contributed by atoms with Gasteiger partial charge in [0, 0.05) is 16.9 Å². The molecule has 1 aromatic carbocycles. The molecule has 122 valence electrons. The molecule has 0 radical (unpaired) electrons. The number of nitrogens with zero attached hydrogens (tertiary/aromatic N) is 1. The topological polar surface area (TPSA) is 42.0 Å². The van der Waals surface area contributed by atoms with E-state index in [1.54, 1.807) is 11.3 Å². The number of thiazole rings is 1. The van der Waals surface area contributed by atoms with Gasteiger partial charge in [0.25, 0.3) is 0 Å². The number of carbonyl (C=O) groups excluding carboxylic acids is 1. The zero-order valence-electron chi connectivity index (χ0n) is 13.7. The second-order valence-corrected chi connectivity index (χ2v) is 7.58. The molecule has 1 fully saturated rings. The van der Waals surface area contributed by atoms with E-state index in [1.165, 1.54) is 32.1 Å². The van der Waals surface area contributed by atoms with E-state index in [2.05, 4.69) is 29.4 Å². The van der Waals surface area contributed by atoms with Crippen LogP contribution in [0.3, 0.4) is 0 Å². The first-order valence-corrected chi connectivity index (χ1v) is 9.37. The predicted octanol–water partition coefficient (Wildman–Crippen LogP) is 5.42. The smallest absolute Gasteiger partial charge is 0.226 e. The zero-order chi connectivity index (χ0) is 16.1. The molecule has 1 saturated carbocycles. The van der Waals surface area contributed by atoms with Gasteiger partial charge < -0.3 is 5.32 Å². The molecule has 3 nitrogen and oxygen atoms in total. The van der Waals surface area contributed by atoms with Gasteiger partial charge in [0.2, 0.25) is 5.91 Å². The van der Waals surface area contributed by atoms with Crippen molar-refractivity contribution < 1.29 is 4.79 Å². The van der Waals surface area contributed by atoms with Crippen molar-refractivity contribution in [3.05, 3.63) is 35.2 Å². The maximum absolute atomic E-state index is 12.2. The predicted molar refractivity (Wildman–Crippen MR) is 96.7 cm³/mol. The first-order valence-electron chi connectivity index (χ1n) is 8.55. The Bertz CT molecular complexity index is 645. The Hall–Kier alpha value is -1.68. The van der Waals surface area contributed by atoms with E-state index in [0.29, 0.717) is 6.42 Å². The van der Waals surface area contributed by atoms with Crippen LogP contribution in [0, 0.1) is 12.8 Å². The molecule has 0 spiro atoms. The molecule has 0 atom stereocenters. The molecule has 0 aliphatic heterocycles. The maximum atomic E-state index is 12.2. The lowest BCUT2D eigenvalue weighted by molar-refractivity contribution is -0.116. The standard InChI is InChI=1S/C19H24N2OS/c1-14-18(16-10-6-3-7-11-16)21-19(23-14)20-17(22)13-12-15-8-4-2-5-9-15/h3,6-7,10-11,15H,2,4-5,8-9,12-13H2,1H3,(H,20,21,22). The molecule has 2 aromatic rings. The first-order chi connectivity index (χ1) is 11.2. The number of benzene rings is 1. The zero-order valence-corrected chi connectivity index (χ0v) is 14.5. The van der Waals surface area contributed by atoms with Crippen molar-refractivity contribution in [2.24, 2.45) is 5.92 Å². The lowest BCUT2D eigenvalue weighted by atomic mass is 9.86. The summed E-state index contributed by atoms with van der Waals surface area (Å²) >= 11 is 1.56. The van der Waals surface area contributed by atoms with E-state index in [9.17, 15) is 4.79 Å². The molecular formula is C19H24N2OS. The van der Waals surface area contributed by atoms with Crippen molar-refractivity contribution in [1.82, 2.24) is 4.98 Å². The number of nitrogens with one attached hydrogen (secondary N) is 1. The van der Waals surface area contributed by atoms with E-state index in [0.717, 1.165) is 33.6 Å². The van der Waals surface area contributed by atoms with Gasteiger partial charge in [-0.2, -0.15) is 0 Å². The number of carbonyl (C=O) groups is 1. The third-order valence-electron chi connectivity index (χ3n) is 4.59. The number of amides is 1. The van der Waals surface area contributed by atoms with Crippen molar-refractivity contribution in [3.63, 3.8) is 0 Å². The van der Waals surface area contributed by atoms with E-state index < -0.39 is 0 Å². The molecule has 0 unspecified atom stereocenters. The van der Waals surface area contributed by atoms with Crippen LogP contribution in [0.2, 0.25) is 0 Å². The van der Waals surface area contributed by atoms with Gasteiger partial charge in [-0.15, -0.1) is 11.3 Å². The van der Waals surface area contributed by atoms with E-state index in [-0.39, 0.29) is 5.91 Å². The Morgan fingerprint density at radius 3 is 2.70 bits per heavy atom. The number of aryl methyl sites for hydroxylation is 1. The molecular weight excluding hydrogens is 304 g/mol. The highest BCUT2D eigenvalue weighted by atomic mass is 32.1. The van der Waals surface area contributed by atoms with E-state index in [4.69, 9.17) is 0 Å². The average Bonchev–Trinajstić information content (AvgIpc) is 2.95. The summed E-state index contributed by atoms with van der Waals surface area (Å²) in [7, 11) is 0. The van der Waals surface area contributed by atoms with Gasteiger partial charge in [-0.05, 0) is 19.3 Å². The Kier molecular flexibility index (Phi) is 5.44. The normalized spacial score (nSPS) is 15.5. The second-order valence-electron chi connectivity index (χ2n) is 6.38. The Balaban J connectivity index is 1.56. The summed E-state index contributed by atoms with van der Waals surface area (Å²) in [5.74, 6) is 0.844. The summed E-state index contributed by atoms with van der Waals surface area (Å²) < 4.78 is 0. The molecule has 1 heterocycles. The molecule has 3 rings (SSSR count). The average molecular weight is 328 g/mol. The SMILES string of the molecule is Cc1sc(NC(=O)CCC2CCCCC2)nc1-c1ccccc1. The van der Waals surface area contributed by atoms with E-state index in [1.807, 2.05) is 18.2 Å². The van der Waals surface area contributed by atoms with Crippen LogP contribution in [0.5, 0.6) is 0 Å². The molecule has 0 bridgehead atoms. The number of hydrogen-bond acceptors (Lipinski definition) is 3. The van der Waals surface area contributed by atoms with Crippen molar-refractivity contribution in [1.29, 1.82) is 0 Å². The lowest BCUT2D eigenvalue weighted by Crippen LogP contribution is -2.14. The fourth-order valence-corrected chi connectivity index (χ4v) is 4.16. The van der Waals surface area contributed by atoms with Crippen LogP contribution < -0.4 is 5.32 Å². The summed E-state index contributed by atoms with van der Waals surface area (Å²) in [5, 5.41) is 3.70. The van der Waals surface area contributed by atoms with Crippen LogP contribution in [0.15, 0.2) is 30.3 Å². The molecule has 1 amide bonds. The molecule has 4 heteroatoms. The van der Waals surface area contributed by atoms with Crippen LogP contribution in [-0.2, 0) is 4.79 Å². The van der Waals surface area contributed by atoms with Crippen molar-refractivity contribution >= 4 is 22.4 Å². The van der Waals surface area contributed by atoms with Gasteiger partial charge in [-0.25, -0.2) is 4.98 Å². The van der Waals surface area contributed by atoms with Gasteiger partial charge in [0.1, 0.15) is 0 Å². The van der Waals surface area contributed by atoms with Crippen molar-refractivity contribution in [3.8, 4) is 11.3 Å². The van der Waals surface area contributed by atoms with Gasteiger partial charge in [-0.1, -0.05) is 62.4 Å². The minimum Gasteiger partial charge on any atom is -0.302 e. The number of hydrogen-bond donors (Lipinski definition) is 1. The number of rotatable bonds is 5. The fourth-order valence-electron chi connectivity index (χ4n) is 3.31. The van der Waals surface area contributed by atoms with Crippen LogP contribution in [0.25, 0.3) is 11.3 Å². The van der Waals surface area contributed by atoms with Gasteiger partial charge in [0.05, 0.1) is 5.69 Å². The van der Waals surface area contributed by atoms with Crippen molar-refractivity contribution in [2.75, 3.05) is 5.32 Å². The third-order valence-corrected chi connectivity index (χ3v) is 5.48. The van der Waals surface area contributed by atoms with Crippen LogP contribution in [0.1, 0.15) is 49.8 Å². The highest BCUT2D eigenvalue weighted by Gasteiger charge is 2.16. The summed E-state index contributed by atoms with van der Waals surface area (Å²) in [6, 6.07) is 10.1. The summed E-state index contributed by atoms with van der Waals surface area (Å²) in [6.45, 7) is 2.05. The second kappa shape index (κ2) is 7.73. The van der Waals surface area contributed by atoms with Crippen LogP contribution in [-0.4, -0.2) is 10.9 Å². The first kappa shape index (κ1) is 16.2. The molecule has 0 saturated heterocycles. The van der Waals surface area contributed by atoms with E-state index >= 15 is 0 Å². The number of aromatic nitrogens is 1. The molecule has 1 N–H and O–H groups in total. The molecule has 1 aliphatic rings. The fraction of sp³-hybridized carbons (Fsp3) is 0.474. The quantitative estimate of drug-likeness (QED) is 0.796. The molecule has 1 aromatic heterocycles. The van der Waals surface area contributed by atoms with Gasteiger partial charge in [0.15, 0.2) is 5.13 Å².